The van der Waals surface area contributed by atoms with E-state index in [9.17, 15) is 19.2 Å². The normalized spacial score (nSPS) is 15.7. The number of hydrogen-bond acceptors (Lipinski definition) is 5. The van der Waals surface area contributed by atoms with Crippen LogP contribution in [0.5, 0.6) is 5.75 Å². The Labute approximate surface area is 180 Å². The van der Waals surface area contributed by atoms with E-state index in [1.807, 2.05) is 13.8 Å². The van der Waals surface area contributed by atoms with Crippen molar-refractivity contribution in [1.82, 2.24) is 4.90 Å². The molecule has 8 nitrogen and oxygen atoms in total. The molecule has 1 saturated heterocycles. The number of amides is 3. The van der Waals surface area contributed by atoms with Gasteiger partial charge in [0.2, 0.25) is 11.8 Å². The molecule has 3 amide bonds. The minimum Gasteiger partial charge on any atom is -0.427 e. The van der Waals surface area contributed by atoms with Crippen LogP contribution in [0.4, 0.5) is 11.4 Å². The fourth-order valence-electron chi connectivity index (χ4n) is 3.36. The predicted molar refractivity (Wildman–Crippen MR) is 116 cm³/mol. The minimum atomic E-state index is -0.464. The first kappa shape index (κ1) is 22.0. The fraction of sp³-hybridized carbons (Fsp3) is 0.304. The van der Waals surface area contributed by atoms with Gasteiger partial charge in [-0.15, -0.1) is 0 Å². The van der Waals surface area contributed by atoms with Gasteiger partial charge in [0.25, 0.3) is 5.91 Å². The van der Waals surface area contributed by atoms with Gasteiger partial charge in [-0.3, -0.25) is 19.2 Å². The van der Waals surface area contributed by atoms with Crippen LogP contribution in [0.1, 0.15) is 37.6 Å². The number of ether oxygens (including phenoxy) is 1. The number of esters is 1. The lowest BCUT2D eigenvalue weighted by molar-refractivity contribution is -0.132. The maximum atomic E-state index is 12.5. The third-order valence-corrected chi connectivity index (χ3v) is 4.92. The molecule has 1 atom stereocenters. The standard InChI is InChI=1S/C23H25N3O5/c1-14(2)26-13-17(12-21(26)28)23(30)25-19-9-7-18(8-10-19)24-22(29)16-5-4-6-20(11-16)31-15(3)27/h4-11,14,17H,12-13H2,1-3H3,(H,24,29)(H,25,30). The maximum Gasteiger partial charge on any atom is 0.308 e. The topological polar surface area (TPSA) is 105 Å². The van der Waals surface area contributed by atoms with E-state index in [-0.39, 0.29) is 36.1 Å². The summed E-state index contributed by atoms with van der Waals surface area (Å²) in [5, 5.41) is 5.58. The molecule has 1 fully saturated rings. The molecule has 1 aliphatic rings. The van der Waals surface area contributed by atoms with Gasteiger partial charge in [-0.25, -0.2) is 0 Å². The molecule has 1 heterocycles. The molecular formula is C23H25N3O5. The molecule has 0 radical (unpaired) electrons. The van der Waals surface area contributed by atoms with Crippen LogP contribution in [0, 0.1) is 5.92 Å². The zero-order valence-electron chi connectivity index (χ0n) is 17.7. The highest BCUT2D eigenvalue weighted by atomic mass is 16.5. The molecule has 1 unspecified atom stereocenters. The van der Waals surface area contributed by atoms with Gasteiger partial charge in [0.15, 0.2) is 0 Å². The van der Waals surface area contributed by atoms with E-state index >= 15 is 0 Å². The van der Waals surface area contributed by atoms with Gasteiger partial charge >= 0.3 is 5.97 Å². The highest BCUT2D eigenvalue weighted by molar-refractivity contribution is 6.04. The first-order valence-corrected chi connectivity index (χ1v) is 10.0. The molecule has 0 bridgehead atoms. The Morgan fingerprint density at radius 3 is 2.26 bits per heavy atom. The highest BCUT2D eigenvalue weighted by Crippen LogP contribution is 2.23. The van der Waals surface area contributed by atoms with Crippen LogP contribution in [0.25, 0.3) is 0 Å². The van der Waals surface area contributed by atoms with Crippen molar-refractivity contribution in [2.24, 2.45) is 5.92 Å². The number of anilines is 2. The number of rotatable bonds is 6. The lowest BCUT2D eigenvalue weighted by Gasteiger charge is -2.20. The summed E-state index contributed by atoms with van der Waals surface area (Å²) in [5.74, 6) is -1.11. The van der Waals surface area contributed by atoms with E-state index in [0.29, 0.717) is 29.2 Å². The monoisotopic (exact) mass is 423 g/mol. The van der Waals surface area contributed by atoms with Crippen molar-refractivity contribution >= 4 is 35.1 Å². The number of carbonyl (C=O) groups excluding carboxylic acids is 4. The number of hydrogen-bond donors (Lipinski definition) is 2. The third-order valence-electron chi connectivity index (χ3n) is 4.92. The Kier molecular flexibility index (Phi) is 6.69. The highest BCUT2D eigenvalue weighted by Gasteiger charge is 2.35. The van der Waals surface area contributed by atoms with Crippen LogP contribution in [-0.4, -0.2) is 41.2 Å². The first-order valence-electron chi connectivity index (χ1n) is 10.0. The van der Waals surface area contributed by atoms with Crippen LogP contribution >= 0.6 is 0 Å². The lowest BCUT2D eigenvalue weighted by Crippen LogP contribution is -2.33. The summed E-state index contributed by atoms with van der Waals surface area (Å²) in [6, 6.07) is 13.1. The predicted octanol–water partition coefficient (Wildman–Crippen LogP) is 3.06. The minimum absolute atomic E-state index is 0.00835. The molecule has 2 N–H and O–H groups in total. The van der Waals surface area contributed by atoms with Crippen molar-refractivity contribution in [3.63, 3.8) is 0 Å². The summed E-state index contributed by atoms with van der Waals surface area (Å²) in [5.41, 5.74) is 1.47. The quantitative estimate of drug-likeness (QED) is 0.549. The smallest absolute Gasteiger partial charge is 0.308 e. The average Bonchev–Trinajstić information content (AvgIpc) is 3.11. The molecule has 0 spiro atoms. The summed E-state index contributed by atoms with van der Waals surface area (Å²) >= 11 is 0. The Bertz CT molecular complexity index is 1000. The molecule has 0 aliphatic carbocycles. The van der Waals surface area contributed by atoms with Crippen LogP contribution in [-0.2, 0) is 14.4 Å². The molecule has 1 aliphatic heterocycles. The van der Waals surface area contributed by atoms with Crippen LogP contribution < -0.4 is 15.4 Å². The van der Waals surface area contributed by atoms with Gasteiger partial charge < -0.3 is 20.3 Å². The second kappa shape index (κ2) is 9.42. The Morgan fingerprint density at radius 2 is 1.68 bits per heavy atom. The average molecular weight is 423 g/mol. The third kappa shape index (κ3) is 5.69. The molecular weight excluding hydrogens is 398 g/mol. The summed E-state index contributed by atoms with van der Waals surface area (Å²) in [7, 11) is 0. The molecule has 3 rings (SSSR count). The van der Waals surface area contributed by atoms with Crippen molar-refractivity contribution in [3.05, 3.63) is 54.1 Å². The Balaban J connectivity index is 1.58. The largest absolute Gasteiger partial charge is 0.427 e. The molecule has 0 saturated carbocycles. The summed E-state index contributed by atoms with van der Waals surface area (Å²) in [4.78, 5) is 49.7. The van der Waals surface area contributed by atoms with E-state index in [1.54, 1.807) is 47.4 Å². The second-order valence-electron chi connectivity index (χ2n) is 7.68. The van der Waals surface area contributed by atoms with Crippen molar-refractivity contribution in [2.75, 3.05) is 17.2 Å². The summed E-state index contributed by atoms with van der Waals surface area (Å²) in [6.45, 7) is 5.57. The molecule has 31 heavy (non-hydrogen) atoms. The van der Waals surface area contributed by atoms with Crippen molar-refractivity contribution in [2.45, 2.75) is 33.2 Å². The van der Waals surface area contributed by atoms with Crippen LogP contribution in [0.15, 0.2) is 48.5 Å². The van der Waals surface area contributed by atoms with Gasteiger partial charge in [-0.05, 0) is 56.3 Å². The van der Waals surface area contributed by atoms with Crippen molar-refractivity contribution in [3.8, 4) is 5.75 Å². The van der Waals surface area contributed by atoms with Gasteiger partial charge in [-0.1, -0.05) is 6.07 Å². The Hall–Kier alpha value is -3.68. The molecule has 8 heteroatoms. The number of nitrogens with one attached hydrogen (secondary N) is 2. The van der Waals surface area contributed by atoms with E-state index in [2.05, 4.69) is 10.6 Å². The molecule has 162 valence electrons. The van der Waals surface area contributed by atoms with E-state index in [4.69, 9.17) is 4.74 Å². The first-order chi connectivity index (χ1) is 14.7. The summed E-state index contributed by atoms with van der Waals surface area (Å²) < 4.78 is 4.99. The molecule has 2 aromatic carbocycles. The SMILES string of the molecule is CC(=O)Oc1cccc(C(=O)Nc2ccc(NC(=O)C3CC(=O)N(C(C)C)C3)cc2)c1. The van der Waals surface area contributed by atoms with Gasteiger partial charge in [0, 0.05) is 42.9 Å². The van der Waals surface area contributed by atoms with E-state index in [0.717, 1.165) is 0 Å². The number of carbonyl (C=O) groups is 4. The van der Waals surface area contributed by atoms with E-state index in [1.165, 1.54) is 13.0 Å². The Morgan fingerprint density at radius 1 is 1.03 bits per heavy atom. The number of likely N-dealkylation sites (tertiary alicyclic amines) is 1. The van der Waals surface area contributed by atoms with Gasteiger partial charge in [0.05, 0.1) is 5.92 Å². The molecule has 2 aromatic rings. The fourth-order valence-corrected chi connectivity index (χ4v) is 3.36. The molecule has 0 aromatic heterocycles. The number of benzene rings is 2. The van der Waals surface area contributed by atoms with Crippen LogP contribution in [0.2, 0.25) is 0 Å². The van der Waals surface area contributed by atoms with Crippen molar-refractivity contribution < 1.29 is 23.9 Å². The van der Waals surface area contributed by atoms with Gasteiger partial charge in [0.1, 0.15) is 5.75 Å². The summed E-state index contributed by atoms with van der Waals surface area (Å²) in [6.07, 6.45) is 0.213. The van der Waals surface area contributed by atoms with E-state index < -0.39 is 5.97 Å². The zero-order chi connectivity index (χ0) is 22.5. The van der Waals surface area contributed by atoms with Crippen LogP contribution in [0.3, 0.4) is 0 Å². The van der Waals surface area contributed by atoms with Gasteiger partial charge in [-0.2, -0.15) is 0 Å². The second-order valence-corrected chi connectivity index (χ2v) is 7.68. The van der Waals surface area contributed by atoms with Crippen molar-refractivity contribution in [1.29, 1.82) is 0 Å². The lowest BCUT2D eigenvalue weighted by atomic mass is 10.1. The maximum absolute atomic E-state index is 12.5. The zero-order valence-corrected chi connectivity index (χ0v) is 17.7. The number of nitrogens with zero attached hydrogens (tertiary/aromatic N) is 1.